The molecule has 2 heteroatoms. The van der Waals surface area contributed by atoms with Gasteiger partial charge in [-0.25, -0.2) is 0 Å². The van der Waals surface area contributed by atoms with E-state index in [1.165, 1.54) is 24.6 Å². The lowest BCUT2D eigenvalue weighted by Gasteiger charge is -2.01. The summed E-state index contributed by atoms with van der Waals surface area (Å²) in [6, 6.07) is 8.64. The van der Waals surface area contributed by atoms with E-state index in [4.69, 9.17) is 5.11 Å². The number of benzene rings is 1. The Morgan fingerprint density at radius 2 is 1.87 bits per heavy atom. The van der Waals surface area contributed by atoms with E-state index >= 15 is 0 Å². The van der Waals surface area contributed by atoms with Crippen molar-refractivity contribution >= 4 is 0 Å². The topological polar surface area (TPSA) is 46.2 Å². The number of nitrogens with two attached hydrogens (primary N) is 1. The fourth-order valence-electron chi connectivity index (χ4n) is 1.49. The molecule has 0 bridgehead atoms. The van der Waals surface area contributed by atoms with Gasteiger partial charge in [-0.1, -0.05) is 36.2 Å². The Morgan fingerprint density at radius 3 is 2.47 bits per heavy atom. The third kappa shape index (κ3) is 7.11. The van der Waals surface area contributed by atoms with E-state index in [0.29, 0.717) is 6.61 Å². The van der Waals surface area contributed by atoms with Crippen molar-refractivity contribution in [3.63, 3.8) is 0 Å². The molecule has 0 fully saturated rings. The Hall–Kier alpha value is -0.860. The molecule has 0 aliphatic rings. The van der Waals surface area contributed by atoms with Gasteiger partial charge in [-0.3, -0.25) is 0 Å². The molecular weight excluding hydrogens is 186 g/mol. The normalized spacial score (nSPS) is 9.33. The molecule has 0 atom stereocenters. The minimum absolute atomic E-state index is 0.327. The molecule has 86 valence electrons. The van der Waals surface area contributed by atoms with Gasteiger partial charge in [-0.2, -0.15) is 0 Å². The van der Waals surface area contributed by atoms with Gasteiger partial charge in [0.15, 0.2) is 0 Å². The zero-order valence-electron chi connectivity index (χ0n) is 9.87. The molecule has 0 aliphatic heterocycles. The Bertz CT molecular complexity index is 248. The summed E-state index contributed by atoms with van der Waals surface area (Å²) < 4.78 is 0. The van der Waals surface area contributed by atoms with Crippen LogP contribution in [-0.2, 0) is 6.42 Å². The number of hydrogen-bond acceptors (Lipinski definition) is 2. The third-order valence-corrected chi connectivity index (χ3v) is 2.21. The molecule has 0 radical (unpaired) electrons. The molecule has 0 heterocycles. The van der Waals surface area contributed by atoms with Gasteiger partial charge >= 0.3 is 0 Å². The maximum absolute atomic E-state index is 8.61. The average Bonchev–Trinajstić information content (AvgIpc) is 2.27. The molecule has 0 saturated heterocycles. The molecule has 3 N–H and O–H groups in total. The number of hydrogen-bond donors (Lipinski definition) is 2. The Balaban J connectivity index is 0.000000921. The standard InChI is InChI=1S/C12H18O.CH5N/c1-11-6-5-8-12(10-11)7-3-2-4-9-13;1-2/h5-6,8,10,13H,2-4,7,9H2,1H3;2H2,1H3. The maximum atomic E-state index is 8.61. The maximum Gasteiger partial charge on any atom is 0.0431 e. The van der Waals surface area contributed by atoms with Crippen molar-refractivity contribution in [3.05, 3.63) is 35.4 Å². The van der Waals surface area contributed by atoms with Gasteiger partial charge in [0.25, 0.3) is 0 Å². The van der Waals surface area contributed by atoms with Crippen LogP contribution in [0.3, 0.4) is 0 Å². The van der Waals surface area contributed by atoms with Gasteiger partial charge in [0.05, 0.1) is 0 Å². The van der Waals surface area contributed by atoms with E-state index in [0.717, 1.165) is 19.3 Å². The van der Waals surface area contributed by atoms with Crippen LogP contribution in [0.5, 0.6) is 0 Å². The van der Waals surface area contributed by atoms with Crippen molar-refractivity contribution in [1.82, 2.24) is 0 Å². The van der Waals surface area contributed by atoms with Crippen LogP contribution < -0.4 is 5.73 Å². The second-order valence-electron chi connectivity index (χ2n) is 3.52. The van der Waals surface area contributed by atoms with Gasteiger partial charge in [0, 0.05) is 6.61 Å². The highest BCUT2D eigenvalue weighted by Gasteiger charge is 1.93. The Morgan fingerprint density at radius 1 is 1.13 bits per heavy atom. The minimum atomic E-state index is 0.327. The van der Waals surface area contributed by atoms with Gasteiger partial charge in [0.1, 0.15) is 0 Å². The van der Waals surface area contributed by atoms with Crippen LogP contribution in [0.4, 0.5) is 0 Å². The fraction of sp³-hybridized carbons (Fsp3) is 0.538. The van der Waals surface area contributed by atoms with Crippen molar-refractivity contribution in [2.24, 2.45) is 5.73 Å². The molecule has 1 aromatic carbocycles. The van der Waals surface area contributed by atoms with Crippen molar-refractivity contribution < 1.29 is 5.11 Å². The first kappa shape index (κ1) is 14.1. The molecule has 0 unspecified atom stereocenters. The minimum Gasteiger partial charge on any atom is -0.396 e. The second kappa shape index (κ2) is 9.69. The first-order valence-corrected chi connectivity index (χ1v) is 5.57. The second-order valence-corrected chi connectivity index (χ2v) is 3.52. The van der Waals surface area contributed by atoms with E-state index in [1.54, 1.807) is 0 Å². The lowest BCUT2D eigenvalue weighted by Crippen LogP contribution is -1.88. The number of aliphatic hydroxyl groups is 1. The van der Waals surface area contributed by atoms with Crippen LogP contribution in [0.15, 0.2) is 24.3 Å². The molecule has 15 heavy (non-hydrogen) atoms. The summed E-state index contributed by atoms with van der Waals surface area (Å²) in [5, 5.41) is 8.61. The van der Waals surface area contributed by atoms with Gasteiger partial charge < -0.3 is 10.8 Å². The summed E-state index contributed by atoms with van der Waals surface area (Å²) >= 11 is 0. The summed E-state index contributed by atoms with van der Waals surface area (Å²) in [5.41, 5.74) is 7.25. The number of aryl methyl sites for hydroxylation is 2. The highest BCUT2D eigenvalue weighted by molar-refractivity contribution is 5.22. The molecule has 1 aromatic rings. The zero-order chi connectivity index (χ0) is 11.5. The summed E-state index contributed by atoms with van der Waals surface area (Å²) in [4.78, 5) is 0. The molecule has 0 aliphatic carbocycles. The van der Waals surface area contributed by atoms with Crippen LogP contribution in [0.1, 0.15) is 30.4 Å². The molecular formula is C13H23NO. The van der Waals surface area contributed by atoms with E-state index in [2.05, 4.69) is 36.9 Å². The van der Waals surface area contributed by atoms with Crippen molar-refractivity contribution in [2.75, 3.05) is 13.7 Å². The SMILES string of the molecule is CN.Cc1cccc(CCCCCO)c1. The highest BCUT2D eigenvalue weighted by atomic mass is 16.2. The predicted molar refractivity (Wildman–Crippen MR) is 65.9 cm³/mol. The first-order valence-electron chi connectivity index (χ1n) is 5.57. The van der Waals surface area contributed by atoms with E-state index in [-0.39, 0.29) is 0 Å². The summed E-state index contributed by atoms with van der Waals surface area (Å²) in [6.45, 7) is 2.45. The number of aliphatic hydroxyl groups excluding tert-OH is 1. The first-order chi connectivity index (χ1) is 7.33. The van der Waals surface area contributed by atoms with E-state index in [9.17, 15) is 0 Å². The van der Waals surface area contributed by atoms with Gasteiger partial charge in [0.2, 0.25) is 0 Å². The van der Waals surface area contributed by atoms with E-state index in [1.807, 2.05) is 0 Å². The summed E-state index contributed by atoms with van der Waals surface area (Å²) in [5.74, 6) is 0. The molecule has 0 saturated carbocycles. The fourth-order valence-corrected chi connectivity index (χ4v) is 1.49. The molecule has 2 nitrogen and oxygen atoms in total. The van der Waals surface area contributed by atoms with Crippen LogP contribution >= 0.6 is 0 Å². The van der Waals surface area contributed by atoms with Gasteiger partial charge in [-0.15, -0.1) is 0 Å². The lowest BCUT2D eigenvalue weighted by molar-refractivity contribution is 0.283. The van der Waals surface area contributed by atoms with Crippen LogP contribution in [0, 0.1) is 6.92 Å². The number of rotatable bonds is 5. The van der Waals surface area contributed by atoms with Crippen LogP contribution in [0.25, 0.3) is 0 Å². The largest absolute Gasteiger partial charge is 0.396 e. The number of unbranched alkanes of at least 4 members (excludes halogenated alkanes) is 2. The third-order valence-electron chi connectivity index (χ3n) is 2.21. The van der Waals surface area contributed by atoms with Crippen molar-refractivity contribution in [2.45, 2.75) is 32.6 Å². The lowest BCUT2D eigenvalue weighted by atomic mass is 10.1. The molecule has 0 aromatic heterocycles. The average molecular weight is 209 g/mol. The summed E-state index contributed by atoms with van der Waals surface area (Å²) in [7, 11) is 1.50. The smallest absolute Gasteiger partial charge is 0.0431 e. The monoisotopic (exact) mass is 209 g/mol. The van der Waals surface area contributed by atoms with Crippen LogP contribution in [-0.4, -0.2) is 18.8 Å². The molecule has 1 rings (SSSR count). The summed E-state index contributed by atoms with van der Waals surface area (Å²) in [6.07, 6.45) is 4.39. The zero-order valence-corrected chi connectivity index (χ0v) is 9.87. The predicted octanol–water partition coefficient (Wildman–Crippen LogP) is 2.28. The van der Waals surface area contributed by atoms with E-state index < -0.39 is 0 Å². The quantitative estimate of drug-likeness (QED) is 0.731. The Labute approximate surface area is 93.1 Å². The Kier molecular flexibility index (Phi) is 9.13. The molecule has 0 spiro atoms. The van der Waals surface area contributed by atoms with Gasteiger partial charge in [-0.05, 0) is 38.8 Å². The molecule has 0 amide bonds. The van der Waals surface area contributed by atoms with Crippen LogP contribution in [0.2, 0.25) is 0 Å². The highest BCUT2D eigenvalue weighted by Crippen LogP contribution is 2.08. The van der Waals surface area contributed by atoms with Crippen molar-refractivity contribution in [1.29, 1.82) is 0 Å². The van der Waals surface area contributed by atoms with Crippen molar-refractivity contribution in [3.8, 4) is 0 Å².